The van der Waals surface area contributed by atoms with Crippen molar-refractivity contribution < 1.29 is 9.59 Å². The number of nitrogens with one attached hydrogen (secondary N) is 1. The lowest BCUT2D eigenvalue weighted by Gasteiger charge is -2.34. The maximum atomic E-state index is 12.0. The van der Waals surface area contributed by atoms with E-state index in [9.17, 15) is 9.59 Å². The van der Waals surface area contributed by atoms with Gasteiger partial charge in [0, 0.05) is 27.3 Å². The zero-order valence-corrected chi connectivity index (χ0v) is 10.8. The summed E-state index contributed by atoms with van der Waals surface area (Å²) in [7, 11) is 4.98. The summed E-state index contributed by atoms with van der Waals surface area (Å²) in [6.07, 6.45) is 1.65. The number of aromatic nitrogens is 2. The predicted octanol–water partition coefficient (Wildman–Crippen LogP) is -0.333. The average Bonchev–Trinajstić information content (AvgIpc) is 2.83. The zero-order chi connectivity index (χ0) is 13.3. The van der Waals surface area contributed by atoms with Gasteiger partial charge in [-0.1, -0.05) is 0 Å². The molecule has 98 valence electrons. The summed E-state index contributed by atoms with van der Waals surface area (Å²) in [6, 6.07) is 1.26. The quantitative estimate of drug-likeness (QED) is 0.743. The van der Waals surface area contributed by atoms with E-state index in [1.54, 1.807) is 36.9 Å². The van der Waals surface area contributed by atoms with Gasteiger partial charge in [-0.05, 0) is 6.07 Å². The lowest BCUT2D eigenvalue weighted by atomic mass is 10.2. The van der Waals surface area contributed by atoms with Crippen LogP contribution >= 0.6 is 0 Å². The van der Waals surface area contributed by atoms with E-state index >= 15 is 0 Å². The fourth-order valence-corrected chi connectivity index (χ4v) is 2.08. The van der Waals surface area contributed by atoms with Crippen molar-refractivity contribution in [1.82, 2.24) is 24.9 Å². The van der Waals surface area contributed by atoms with E-state index in [0.29, 0.717) is 13.1 Å². The number of amides is 3. The first-order chi connectivity index (χ1) is 8.54. The highest BCUT2D eigenvalue weighted by atomic mass is 16.2. The Morgan fingerprint density at radius 2 is 2.22 bits per heavy atom. The third-order valence-electron chi connectivity index (χ3n) is 3.00. The lowest BCUT2D eigenvalue weighted by Crippen LogP contribution is -2.49. The number of rotatable bonds is 1. The third kappa shape index (κ3) is 2.03. The van der Waals surface area contributed by atoms with E-state index in [0.717, 1.165) is 5.69 Å². The molecule has 0 aromatic carbocycles. The second kappa shape index (κ2) is 4.67. The number of carbonyl (C=O) groups is 2. The molecule has 0 radical (unpaired) electrons. The van der Waals surface area contributed by atoms with Gasteiger partial charge in [-0.2, -0.15) is 5.10 Å². The molecule has 1 aliphatic heterocycles. The molecule has 2 heterocycles. The molecular weight excluding hydrogens is 234 g/mol. The van der Waals surface area contributed by atoms with Crippen molar-refractivity contribution >= 4 is 11.9 Å². The molecule has 7 nitrogen and oxygen atoms in total. The lowest BCUT2D eigenvalue weighted by molar-refractivity contribution is -0.125. The van der Waals surface area contributed by atoms with Gasteiger partial charge in [0.15, 0.2) is 0 Å². The average molecular weight is 251 g/mol. The largest absolute Gasteiger partial charge is 0.357 e. The summed E-state index contributed by atoms with van der Waals surface area (Å²) in [5, 5.41) is 6.75. The molecule has 1 atom stereocenters. The molecule has 1 aliphatic rings. The summed E-state index contributed by atoms with van der Waals surface area (Å²) in [4.78, 5) is 27.0. The van der Waals surface area contributed by atoms with Gasteiger partial charge in [-0.15, -0.1) is 0 Å². The topological polar surface area (TPSA) is 70.5 Å². The molecule has 1 aromatic heterocycles. The molecule has 0 bridgehead atoms. The predicted molar refractivity (Wildman–Crippen MR) is 64.8 cm³/mol. The van der Waals surface area contributed by atoms with Gasteiger partial charge in [0.05, 0.1) is 18.8 Å². The standard InChI is InChI=1S/C11H17N5O2/c1-12-10(17)9-7-15(11(18)14(2)3)6-8-4-5-13-16(8)9/h4-5,9H,6-7H2,1-3H3,(H,12,17)/t9-/m0/s1. The van der Waals surface area contributed by atoms with Gasteiger partial charge in [-0.25, -0.2) is 4.79 Å². The van der Waals surface area contributed by atoms with Crippen LogP contribution in [0.2, 0.25) is 0 Å². The summed E-state index contributed by atoms with van der Waals surface area (Å²) >= 11 is 0. The van der Waals surface area contributed by atoms with E-state index in [4.69, 9.17) is 0 Å². The van der Waals surface area contributed by atoms with Crippen LogP contribution in [0.15, 0.2) is 12.3 Å². The Bertz CT molecular complexity index is 468. The Morgan fingerprint density at radius 1 is 1.50 bits per heavy atom. The van der Waals surface area contributed by atoms with Gasteiger partial charge in [0.1, 0.15) is 6.04 Å². The van der Waals surface area contributed by atoms with Crippen LogP contribution in [0.3, 0.4) is 0 Å². The highest BCUT2D eigenvalue weighted by Gasteiger charge is 2.32. The van der Waals surface area contributed by atoms with Crippen molar-refractivity contribution in [2.24, 2.45) is 0 Å². The first-order valence-corrected chi connectivity index (χ1v) is 5.74. The van der Waals surface area contributed by atoms with E-state index in [2.05, 4.69) is 10.4 Å². The second-order valence-electron chi connectivity index (χ2n) is 4.45. The van der Waals surface area contributed by atoms with Gasteiger partial charge >= 0.3 is 6.03 Å². The molecule has 2 rings (SSSR count). The fraction of sp³-hybridized carbons (Fsp3) is 0.545. The Hall–Kier alpha value is -2.05. The van der Waals surface area contributed by atoms with Gasteiger partial charge in [0.2, 0.25) is 5.91 Å². The first kappa shape index (κ1) is 12.4. The van der Waals surface area contributed by atoms with Crippen LogP contribution in [0.1, 0.15) is 11.7 Å². The third-order valence-corrected chi connectivity index (χ3v) is 3.00. The van der Waals surface area contributed by atoms with Crippen LogP contribution in [-0.2, 0) is 11.3 Å². The van der Waals surface area contributed by atoms with Crippen molar-refractivity contribution in [3.63, 3.8) is 0 Å². The van der Waals surface area contributed by atoms with Crippen LogP contribution in [0.25, 0.3) is 0 Å². The molecule has 0 saturated heterocycles. The normalized spacial score (nSPS) is 18.2. The van der Waals surface area contributed by atoms with Crippen molar-refractivity contribution in [3.8, 4) is 0 Å². The maximum Gasteiger partial charge on any atom is 0.319 e. The van der Waals surface area contributed by atoms with Gasteiger partial charge in [0.25, 0.3) is 0 Å². The number of carbonyl (C=O) groups excluding carboxylic acids is 2. The molecule has 0 saturated carbocycles. The molecule has 0 unspecified atom stereocenters. The molecule has 0 fully saturated rings. The van der Waals surface area contributed by atoms with E-state index < -0.39 is 6.04 Å². The number of hydrogen-bond donors (Lipinski definition) is 1. The minimum Gasteiger partial charge on any atom is -0.357 e. The molecule has 1 N–H and O–H groups in total. The number of fused-ring (bicyclic) bond motifs is 1. The minimum atomic E-state index is -0.461. The molecular formula is C11H17N5O2. The van der Waals surface area contributed by atoms with Gasteiger partial charge < -0.3 is 15.1 Å². The van der Waals surface area contributed by atoms with E-state index in [-0.39, 0.29) is 11.9 Å². The van der Waals surface area contributed by atoms with Crippen LogP contribution < -0.4 is 5.32 Å². The SMILES string of the molecule is CNC(=O)[C@@H]1CN(C(=O)N(C)C)Cc2ccnn21. The Balaban J connectivity index is 2.28. The second-order valence-corrected chi connectivity index (χ2v) is 4.45. The smallest absolute Gasteiger partial charge is 0.319 e. The highest BCUT2D eigenvalue weighted by molar-refractivity contribution is 5.82. The molecule has 1 aromatic rings. The maximum absolute atomic E-state index is 12.0. The molecule has 0 aliphatic carbocycles. The van der Waals surface area contributed by atoms with Crippen LogP contribution in [0.4, 0.5) is 4.79 Å². The van der Waals surface area contributed by atoms with E-state index in [1.165, 1.54) is 4.90 Å². The van der Waals surface area contributed by atoms with Gasteiger partial charge in [-0.3, -0.25) is 9.48 Å². The number of hydrogen-bond acceptors (Lipinski definition) is 3. The summed E-state index contributed by atoms with van der Waals surface area (Å²) in [5.41, 5.74) is 0.866. The Kier molecular flexibility index (Phi) is 3.22. The van der Waals surface area contributed by atoms with Crippen molar-refractivity contribution in [2.45, 2.75) is 12.6 Å². The van der Waals surface area contributed by atoms with Crippen LogP contribution in [-0.4, -0.2) is 59.2 Å². The van der Waals surface area contributed by atoms with Crippen molar-refractivity contribution in [2.75, 3.05) is 27.7 Å². The summed E-state index contributed by atoms with van der Waals surface area (Å²) in [5.74, 6) is -0.142. The Labute approximate surface area is 105 Å². The van der Waals surface area contributed by atoms with Crippen molar-refractivity contribution in [1.29, 1.82) is 0 Å². The van der Waals surface area contributed by atoms with Crippen molar-refractivity contribution in [3.05, 3.63) is 18.0 Å². The monoisotopic (exact) mass is 251 g/mol. The highest BCUT2D eigenvalue weighted by Crippen LogP contribution is 2.21. The fourth-order valence-electron chi connectivity index (χ4n) is 2.08. The molecule has 7 heteroatoms. The first-order valence-electron chi connectivity index (χ1n) is 5.74. The van der Waals surface area contributed by atoms with Crippen LogP contribution in [0.5, 0.6) is 0 Å². The van der Waals surface area contributed by atoms with Crippen LogP contribution in [0, 0.1) is 0 Å². The minimum absolute atomic E-state index is 0.101. The zero-order valence-electron chi connectivity index (χ0n) is 10.8. The number of urea groups is 1. The summed E-state index contributed by atoms with van der Waals surface area (Å²) in [6.45, 7) is 0.815. The molecule has 3 amide bonds. The summed E-state index contributed by atoms with van der Waals surface area (Å²) < 4.78 is 1.68. The van der Waals surface area contributed by atoms with E-state index in [1.807, 2.05) is 6.07 Å². The molecule has 0 spiro atoms. The Morgan fingerprint density at radius 3 is 2.83 bits per heavy atom. The number of likely N-dealkylation sites (N-methyl/N-ethyl adjacent to an activating group) is 1. The molecule has 18 heavy (non-hydrogen) atoms. The number of nitrogens with zero attached hydrogens (tertiary/aromatic N) is 4.